The molecule has 4 nitrogen and oxygen atoms in total. The van der Waals surface area contributed by atoms with Gasteiger partial charge < -0.3 is 10.3 Å². The Kier molecular flexibility index (Phi) is 2.11. The molecule has 3 rings (SSSR count). The van der Waals surface area contributed by atoms with Gasteiger partial charge in [0.25, 0.3) is 0 Å². The minimum absolute atomic E-state index is 0.733. The van der Waals surface area contributed by atoms with Crippen molar-refractivity contribution in [3.8, 4) is 0 Å². The number of hydrogen-bond acceptors (Lipinski definition) is 4. The van der Waals surface area contributed by atoms with Crippen LogP contribution in [0.1, 0.15) is 5.69 Å². The topological polar surface area (TPSA) is 53.6 Å². The van der Waals surface area contributed by atoms with E-state index in [0.717, 1.165) is 22.3 Å². The molecule has 2 aromatic heterocycles. The van der Waals surface area contributed by atoms with E-state index in [2.05, 4.69) is 26.3 Å². The molecule has 5 heteroatoms. The van der Waals surface area contributed by atoms with E-state index in [1.807, 2.05) is 25.1 Å². The Balaban J connectivity index is 1.95. The fourth-order valence-electron chi connectivity index (χ4n) is 1.50. The molecule has 0 aliphatic carbocycles. The lowest BCUT2D eigenvalue weighted by molar-refractivity contribution is 1.24. The van der Waals surface area contributed by atoms with Crippen molar-refractivity contribution in [2.75, 3.05) is 5.32 Å². The molecule has 3 aromatic rings. The van der Waals surface area contributed by atoms with Crippen LogP contribution in [0.15, 0.2) is 30.5 Å². The summed E-state index contributed by atoms with van der Waals surface area (Å²) in [5.74, 6) is 0.733. The fourth-order valence-corrected chi connectivity index (χ4v) is 2.37. The first kappa shape index (κ1) is 9.35. The van der Waals surface area contributed by atoms with Crippen molar-refractivity contribution < 1.29 is 0 Å². The molecule has 80 valence electrons. The molecule has 0 fully saturated rings. The van der Waals surface area contributed by atoms with Gasteiger partial charge in [0, 0.05) is 11.9 Å². The lowest BCUT2D eigenvalue weighted by Gasteiger charge is -1.94. The van der Waals surface area contributed by atoms with Gasteiger partial charge in [-0.3, -0.25) is 0 Å². The summed E-state index contributed by atoms with van der Waals surface area (Å²) in [6, 6.07) is 8.07. The number of fused-ring (bicyclic) bond motifs is 1. The molecule has 0 aliphatic rings. The lowest BCUT2D eigenvalue weighted by atomic mass is 10.3. The summed E-state index contributed by atoms with van der Waals surface area (Å²) < 4.78 is 1.17. The second-order valence-corrected chi connectivity index (χ2v) is 4.56. The molecular formula is C11H10N4S. The standard InChI is InChI=1S/C11H10N4S/c1-7-6-12-10(13-7)15-11-14-8-4-2-3-5-9(8)16-11/h2-6H,1H3,(H2,12,13,14,15). The Morgan fingerprint density at radius 1 is 1.31 bits per heavy atom. The van der Waals surface area contributed by atoms with Crippen molar-refractivity contribution in [3.63, 3.8) is 0 Å². The van der Waals surface area contributed by atoms with Crippen LogP contribution in [0.3, 0.4) is 0 Å². The van der Waals surface area contributed by atoms with E-state index in [9.17, 15) is 0 Å². The first-order valence-electron chi connectivity index (χ1n) is 4.95. The minimum atomic E-state index is 0.733. The molecule has 0 bridgehead atoms. The molecule has 1 aromatic carbocycles. The zero-order chi connectivity index (χ0) is 11.0. The number of rotatable bonds is 2. The van der Waals surface area contributed by atoms with Crippen LogP contribution in [0.4, 0.5) is 11.1 Å². The van der Waals surface area contributed by atoms with Crippen LogP contribution in [-0.4, -0.2) is 15.0 Å². The summed E-state index contributed by atoms with van der Waals surface area (Å²) in [5.41, 5.74) is 2.04. The highest BCUT2D eigenvalue weighted by Crippen LogP contribution is 2.26. The molecule has 2 heterocycles. The van der Waals surface area contributed by atoms with E-state index < -0.39 is 0 Å². The summed E-state index contributed by atoms with van der Waals surface area (Å²) in [6.07, 6.45) is 1.79. The average molecular weight is 230 g/mol. The monoisotopic (exact) mass is 230 g/mol. The van der Waals surface area contributed by atoms with E-state index in [1.165, 1.54) is 4.70 Å². The van der Waals surface area contributed by atoms with E-state index in [1.54, 1.807) is 17.5 Å². The van der Waals surface area contributed by atoms with Gasteiger partial charge in [-0.1, -0.05) is 23.5 Å². The number of aryl methyl sites for hydroxylation is 1. The number of benzene rings is 1. The third-order valence-electron chi connectivity index (χ3n) is 2.22. The number of anilines is 2. The number of thiazole rings is 1. The second kappa shape index (κ2) is 3.61. The van der Waals surface area contributed by atoms with Crippen molar-refractivity contribution in [3.05, 3.63) is 36.2 Å². The van der Waals surface area contributed by atoms with Crippen LogP contribution in [0, 0.1) is 6.92 Å². The SMILES string of the molecule is Cc1cnc(Nc2nc3ccccc3s2)[nH]1. The van der Waals surface area contributed by atoms with Gasteiger partial charge >= 0.3 is 0 Å². The van der Waals surface area contributed by atoms with Crippen LogP contribution in [0.25, 0.3) is 10.2 Å². The highest BCUT2D eigenvalue weighted by molar-refractivity contribution is 7.22. The van der Waals surface area contributed by atoms with Gasteiger partial charge in [-0.05, 0) is 19.1 Å². The first-order chi connectivity index (χ1) is 7.81. The van der Waals surface area contributed by atoms with Crippen LogP contribution in [0.5, 0.6) is 0 Å². The maximum Gasteiger partial charge on any atom is 0.206 e. The highest BCUT2D eigenvalue weighted by atomic mass is 32.1. The molecule has 0 aliphatic heterocycles. The van der Waals surface area contributed by atoms with Crippen molar-refractivity contribution in [1.82, 2.24) is 15.0 Å². The third-order valence-corrected chi connectivity index (χ3v) is 3.17. The number of hydrogen-bond donors (Lipinski definition) is 2. The van der Waals surface area contributed by atoms with Gasteiger partial charge in [0.2, 0.25) is 5.95 Å². The van der Waals surface area contributed by atoms with Gasteiger partial charge in [0.05, 0.1) is 10.2 Å². The molecule has 0 atom stereocenters. The number of nitrogens with zero attached hydrogens (tertiary/aromatic N) is 2. The molecule has 0 spiro atoms. The van der Waals surface area contributed by atoms with Gasteiger partial charge in [-0.25, -0.2) is 9.97 Å². The highest BCUT2D eigenvalue weighted by Gasteiger charge is 2.04. The van der Waals surface area contributed by atoms with E-state index >= 15 is 0 Å². The minimum Gasteiger partial charge on any atom is -0.328 e. The summed E-state index contributed by atoms with van der Waals surface area (Å²) in [5, 5.41) is 4.01. The number of aromatic nitrogens is 3. The van der Waals surface area contributed by atoms with Crippen LogP contribution in [0.2, 0.25) is 0 Å². The summed E-state index contributed by atoms with van der Waals surface area (Å²) in [4.78, 5) is 11.8. The second-order valence-electron chi connectivity index (χ2n) is 3.53. The Hall–Kier alpha value is -1.88. The molecule has 0 saturated heterocycles. The quantitative estimate of drug-likeness (QED) is 0.711. The van der Waals surface area contributed by atoms with Crippen molar-refractivity contribution in [2.45, 2.75) is 6.92 Å². The maximum atomic E-state index is 4.46. The zero-order valence-electron chi connectivity index (χ0n) is 8.69. The normalized spacial score (nSPS) is 10.8. The van der Waals surface area contributed by atoms with Gasteiger partial charge in [0.1, 0.15) is 0 Å². The Morgan fingerprint density at radius 3 is 2.94 bits per heavy atom. The fraction of sp³-hybridized carbons (Fsp3) is 0.0909. The average Bonchev–Trinajstić information content (AvgIpc) is 2.84. The van der Waals surface area contributed by atoms with Gasteiger partial charge in [-0.2, -0.15) is 0 Å². The van der Waals surface area contributed by atoms with Crippen molar-refractivity contribution >= 4 is 32.6 Å². The molecule has 16 heavy (non-hydrogen) atoms. The van der Waals surface area contributed by atoms with Gasteiger partial charge in [0.15, 0.2) is 5.13 Å². The smallest absolute Gasteiger partial charge is 0.206 e. The largest absolute Gasteiger partial charge is 0.328 e. The first-order valence-corrected chi connectivity index (χ1v) is 5.77. The van der Waals surface area contributed by atoms with E-state index in [0.29, 0.717) is 0 Å². The number of imidazole rings is 1. The Bertz CT molecular complexity index is 592. The molecule has 0 saturated carbocycles. The Labute approximate surface area is 96.4 Å². The Morgan fingerprint density at radius 2 is 2.19 bits per heavy atom. The molecule has 0 unspecified atom stereocenters. The van der Waals surface area contributed by atoms with E-state index in [4.69, 9.17) is 0 Å². The predicted octanol–water partition coefficient (Wildman–Crippen LogP) is 3.07. The maximum absolute atomic E-state index is 4.46. The van der Waals surface area contributed by atoms with Crippen LogP contribution >= 0.6 is 11.3 Å². The lowest BCUT2D eigenvalue weighted by Crippen LogP contribution is -1.90. The number of H-pyrrole nitrogens is 1. The molecule has 0 amide bonds. The van der Waals surface area contributed by atoms with Crippen molar-refractivity contribution in [1.29, 1.82) is 0 Å². The van der Waals surface area contributed by atoms with Crippen LogP contribution < -0.4 is 5.32 Å². The number of aromatic amines is 1. The summed E-state index contributed by atoms with van der Waals surface area (Å²) in [6.45, 7) is 1.97. The molecular weight excluding hydrogens is 220 g/mol. The predicted molar refractivity (Wildman–Crippen MR) is 66.2 cm³/mol. The molecule has 0 radical (unpaired) electrons. The summed E-state index contributed by atoms with van der Waals surface area (Å²) in [7, 11) is 0. The third kappa shape index (κ3) is 1.65. The van der Waals surface area contributed by atoms with Gasteiger partial charge in [-0.15, -0.1) is 0 Å². The zero-order valence-corrected chi connectivity index (χ0v) is 9.51. The van der Waals surface area contributed by atoms with Crippen LogP contribution in [-0.2, 0) is 0 Å². The van der Waals surface area contributed by atoms with Crippen molar-refractivity contribution in [2.24, 2.45) is 0 Å². The summed E-state index contributed by atoms with van der Waals surface area (Å²) >= 11 is 1.62. The van der Waals surface area contributed by atoms with E-state index in [-0.39, 0.29) is 0 Å². The number of nitrogens with one attached hydrogen (secondary N) is 2. The number of para-hydroxylation sites is 1. The molecule has 2 N–H and O–H groups in total.